The van der Waals surface area contributed by atoms with Crippen LogP contribution in [-0.2, 0) is 13.5 Å². The van der Waals surface area contributed by atoms with Gasteiger partial charge in [0.25, 0.3) is 0 Å². The van der Waals surface area contributed by atoms with Gasteiger partial charge in [-0.25, -0.2) is 0 Å². The van der Waals surface area contributed by atoms with E-state index in [2.05, 4.69) is 31.3 Å². The van der Waals surface area contributed by atoms with Gasteiger partial charge < -0.3 is 5.32 Å². The largest absolute Gasteiger partial charge is 0.316 e. The molecule has 1 saturated carbocycles. The Morgan fingerprint density at radius 1 is 1.33 bits per heavy atom. The van der Waals surface area contributed by atoms with Gasteiger partial charge in [-0.1, -0.05) is 38.3 Å². The van der Waals surface area contributed by atoms with E-state index in [4.69, 9.17) is 11.6 Å². The number of halogens is 1. The van der Waals surface area contributed by atoms with E-state index >= 15 is 0 Å². The molecule has 0 amide bonds. The van der Waals surface area contributed by atoms with Crippen LogP contribution in [0.1, 0.15) is 57.3 Å². The summed E-state index contributed by atoms with van der Waals surface area (Å²) in [5, 5.41) is 8.91. The number of aromatic nitrogens is 2. The van der Waals surface area contributed by atoms with Gasteiger partial charge in [-0.2, -0.15) is 5.10 Å². The predicted octanol–water partition coefficient (Wildman–Crippen LogP) is 4.12. The van der Waals surface area contributed by atoms with Crippen molar-refractivity contribution in [2.45, 2.75) is 65.3 Å². The molecular weight excluding hydrogens is 282 g/mol. The molecule has 4 heteroatoms. The fourth-order valence-corrected chi connectivity index (χ4v) is 4.54. The second-order valence-corrected chi connectivity index (χ2v) is 7.56. The molecule has 1 unspecified atom stereocenters. The van der Waals surface area contributed by atoms with E-state index in [-0.39, 0.29) is 0 Å². The highest BCUT2D eigenvalue weighted by atomic mass is 35.5. The van der Waals surface area contributed by atoms with Crippen molar-refractivity contribution in [3.8, 4) is 0 Å². The minimum atomic E-state index is 0.421. The molecule has 0 aliphatic heterocycles. The Labute approximate surface area is 134 Å². The molecule has 1 N–H and O–H groups in total. The van der Waals surface area contributed by atoms with Crippen molar-refractivity contribution in [1.82, 2.24) is 15.1 Å². The maximum absolute atomic E-state index is 6.46. The zero-order valence-corrected chi connectivity index (χ0v) is 14.9. The molecule has 1 aliphatic carbocycles. The van der Waals surface area contributed by atoms with Gasteiger partial charge in [-0.3, -0.25) is 4.68 Å². The fraction of sp³-hybridized carbons (Fsp3) is 0.824. The van der Waals surface area contributed by atoms with E-state index in [9.17, 15) is 0 Å². The molecule has 1 atom stereocenters. The van der Waals surface area contributed by atoms with Crippen molar-refractivity contribution in [3.05, 3.63) is 16.4 Å². The van der Waals surface area contributed by atoms with Crippen LogP contribution in [0.3, 0.4) is 0 Å². The topological polar surface area (TPSA) is 29.9 Å². The van der Waals surface area contributed by atoms with Gasteiger partial charge in [0, 0.05) is 19.5 Å². The summed E-state index contributed by atoms with van der Waals surface area (Å²) >= 11 is 6.46. The number of aryl methyl sites for hydroxylation is 2. The summed E-state index contributed by atoms with van der Waals surface area (Å²) in [7, 11) is 4.10. The van der Waals surface area contributed by atoms with E-state index in [0.717, 1.165) is 23.1 Å². The summed E-state index contributed by atoms with van der Waals surface area (Å²) in [5.74, 6) is 0.739. The second-order valence-electron chi connectivity index (χ2n) is 7.18. The Morgan fingerprint density at radius 3 is 2.38 bits per heavy atom. The third-order valence-corrected chi connectivity index (χ3v) is 5.65. The summed E-state index contributed by atoms with van der Waals surface area (Å²) in [6.45, 7) is 6.67. The average molecular weight is 312 g/mol. The van der Waals surface area contributed by atoms with Gasteiger partial charge >= 0.3 is 0 Å². The molecule has 1 aliphatic rings. The highest BCUT2D eigenvalue weighted by molar-refractivity contribution is 6.31. The number of nitrogens with zero attached hydrogens (tertiary/aromatic N) is 2. The first-order valence-electron chi connectivity index (χ1n) is 8.25. The van der Waals surface area contributed by atoms with Crippen molar-refractivity contribution in [2.24, 2.45) is 18.4 Å². The minimum absolute atomic E-state index is 0.421. The zero-order chi connectivity index (χ0) is 15.6. The quantitative estimate of drug-likeness (QED) is 0.856. The summed E-state index contributed by atoms with van der Waals surface area (Å²) in [6.07, 6.45) is 7.68. The molecule has 3 nitrogen and oxygen atoms in total. The molecule has 0 saturated heterocycles. The van der Waals surface area contributed by atoms with Gasteiger partial charge in [-0.05, 0) is 44.6 Å². The first-order chi connectivity index (χ1) is 9.89. The molecule has 1 aromatic rings. The monoisotopic (exact) mass is 311 g/mol. The molecule has 1 fully saturated rings. The molecule has 1 aromatic heterocycles. The number of nitrogens with one attached hydrogen (secondary N) is 1. The van der Waals surface area contributed by atoms with E-state index in [1.807, 2.05) is 18.7 Å². The third-order valence-electron chi connectivity index (χ3n) is 5.16. The fourth-order valence-electron chi connectivity index (χ4n) is 4.31. The van der Waals surface area contributed by atoms with Crippen LogP contribution >= 0.6 is 11.6 Å². The van der Waals surface area contributed by atoms with Crippen molar-refractivity contribution in [3.63, 3.8) is 0 Å². The Morgan fingerprint density at radius 2 is 1.95 bits per heavy atom. The Kier molecular flexibility index (Phi) is 5.37. The number of likely N-dealkylation sites (N-methyl/N-ethyl adjacent to an activating group) is 1. The smallest absolute Gasteiger partial charge is 0.0847 e. The van der Waals surface area contributed by atoms with Crippen molar-refractivity contribution < 1.29 is 0 Å². The lowest BCUT2D eigenvalue weighted by Crippen LogP contribution is -2.45. The van der Waals surface area contributed by atoms with Crippen LogP contribution in [0.2, 0.25) is 5.02 Å². The highest BCUT2D eigenvalue weighted by Crippen LogP contribution is 2.47. The van der Waals surface area contributed by atoms with E-state index in [1.165, 1.54) is 37.8 Å². The summed E-state index contributed by atoms with van der Waals surface area (Å²) < 4.78 is 1.96. The standard InChI is InChI=1S/C17H30ClN3/c1-12(2)11-17(8-6-7-9-17)15(19-4)10-14-16(18)13(3)20-21(14)5/h12,15,19H,6-11H2,1-5H3. The Hall–Kier alpha value is -0.540. The first kappa shape index (κ1) is 16.8. The van der Waals surface area contributed by atoms with Crippen LogP contribution in [0.4, 0.5) is 0 Å². The summed E-state index contributed by atoms with van der Waals surface area (Å²) in [4.78, 5) is 0. The molecule has 0 aromatic carbocycles. The Bertz CT molecular complexity index is 473. The molecule has 0 radical (unpaired) electrons. The molecule has 1 heterocycles. The number of rotatable bonds is 6. The first-order valence-corrected chi connectivity index (χ1v) is 8.62. The van der Waals surface area contributed by atoms with Crippen LogP contribution in [0, 0.1) is 18.3 Å². The summed E-state index contributed by atoms with van der Waals surface area (Å²) in [5.41, 5.74) is 2.53. The van der Waals surface area contributed by atoms with Crippen LogP contribution in [0.5, 0.6) is 0 Å². The van der Waals surface area contributed by atoms with Crippen LogP contribution in [-0.4, -0.2) is 22.9 Å². The second kappa shape index (κ2) is 6.70. The van der Waals surface area contributed by atoms with Gasteiger partial charge in [0.2, 0.25) is 0 Å². The molecule has 21 heavy (non-hydrogen) atoms. The van der Waals surface area contributed by atoms with Crippen molar-refractivity contribution in [2.75, 3.05) is 7.05 Å². The van der Waals surface area contributed by atoms with Gasteiger partial charge in [0.05, 0.1) is 16.4 Å². The van der Waals surface area contributed by atoms with Crippen molar-refractivity contribution in [1.29, 1.82) is 0 Å². The zero-order valence-electron chi connectivity index (χ0n) is 14.2. The maximum atomic E-state index is 6.46. The van der Waals surface area contributed by atoms with E-state index in [0.29, 0.717) is 11.5 Å². The summed E-state index contributed by atoms with van der Waals surface area (Å²) in [6, 6.07) is 0.481. The Balaban J connectivity index is 2.25. The molecule has 0 bridgehead atoms. The lowest BCUT2D eigenvalue weighted by atomic mass is 9.71. The highest BCUT2D eigenvalue weighted by Gasteiger charge is 2.41. The predicted molar refractivity (Wildman–Crippen MR) is 89.9 cm³/mol. The molecular formula is C17H30ClN3. The van der Waals surface area contributed by atoms with Gasteiger partial charge in [0.15, 0.2) is 0 Å². The molecule has 120 valence electrons. The SMILES string of the molecule is CNC(Cc1c(Cl)c(C)nn1C)C1(CC(C)C)CCCC1. The van der Waals surface area contributed by atoms with E-state index in [1.54, 1.807) is 0 Å². The number of hydrogen-bond acceptors (Lipinski definition) is 2. The number of hydrogen-bond donors (Lipinski definition) is 1. The lowest BCUT2D eigenvalue weighted by molar-refractivity contribution is 0.158. The molecule has 0 spiro atoms. The minimum Gasteiger partial charge on any atom is -0.316 e. The van der Waals surface area contributed by atoms with Crippen molar-refractivity contribution >= 4 is 11.6 Å². The lowest BCUT2D eigenvalue weighted by Gasteiger charge is -2.39. The normalized spacial score (nSPS) is 19.4. The van der Waals surface area contributed by atoms with Gasteiger partial charge in [-0.15, -0.1) is 0 Å². The van der Waals surface area contributed by atoms with Crippen LogP contribution < -0.4 is 5.32 Å². The maximum Gasteiger partial charge on any atom is 0.0847 e. The van der Waals surface area contributed by atoms with Crippen LogP contribution in [0.25, 0.3) is 0 Å². The average Bonchev–Trinajstić information content (AvgIpc) is 2.95. The third kappa shape index (κ3) is 3.45. The van der Waals surface area contributed by atoms with Crippen LogP contribution in [0.15, 0.2) is 0 Å². The molecule has 2 rings (SSSR count). The van der Waals surface area contributed by atoms with E-state index < -0.39 is 0 Å². The van der Waals surface area contributed by atoms with Gasteiger partial charge in [0.1, 0.15) is 0 Å².